The summed E-state index contributed by atoms with van der Waals surface area (Å²) in [7, 11) is 0. The van der Waals surface area contributed by atoms with Gasteiger partial charge in [-0.2, -0.15) is 0 Å². The van der Waals surface area contributed by atoms with E-state index >= 15 is 0 Å². The van der Waals surface area contributed by atoms with Gasteiger partial charge in [0.1, 0.15) is 11.6 Å². The molecule has 5 heteroatoms. The maximum absolute atomic E-state index is 5.16. The summed E-state index contributed by atoms with van der Waals surface area (Å²) in [6.07, 6.45) is 4.44. The molecule has 0 aromatic carbocycles. The summed E-state index contributed by atoms with van der Waals surface area (Å²) in [4.78, 5) is 6.86. The Hall–Kier alpha value is -2.04. The molecule has 0 aliphatic carbocycles. The second-order valence-corrected chi connectivity index (χ2v) is 5.26. The molecule has 1 aliphatic heterocycles. The topological polar surface area (TPSA) is 54.2 Å². The van der Waals surface area contributed by atoms with Crippen molar-refractivity contribution in [2.75, 3.05) is 23.3 Å². The Kier molecular flexibility index (Phi) is 3.58. The van der Waals surface area contributed by atoms with Crippen molar-refractivity contribution in [1.82, 2.24) is 10.1 Å². The first-order valence-electron chi connectivity index (χ1n) is 7.10. The standard InChI is InChI=1S/C15H20N4O/c1-11-14(12(2)20-18-11)10-16-13-5-6-15(17-9-13)19-7-3-4-8-19/h5-6,9,16H,3-4,7-8,10H2,1-2H3. The van der Waals surface area contributed by atoms with Crippen LogP contribution in [0.2, 0.25) is 0 Å². The van der Waals surface area contributed by atoms with Crippen LogP contribution in [-0.4, -0.2) is 23.2 Å². The van der Waals surface area contributed by atoms with Crippen molar-refractivity contribution in [2.45, 2.75) is 33.2 Å². The van der Waals surface area contributed by atoms with Crippen LogP contribution in [-0.2, 0) is 6.54 Å². The van der Waals surface area contributed by atoms with E-state index in [1.165, 1.54) is 12.8 Å². The summed E-state index contributed by atoms with van der Waals surface area (Å²) in [5, 5.41) is 7.32. The van der Waals surface area contributed by atoms with Crippen molar-refractivity contribution in [3.8, 4) is 0 Å². The van der Waals surface area contributed by atoms with Gasteiger partial charge in [0.15, 0.2) is 0 Å². The van der Waals surface area contributed by atoms with Crippen LogP contribution in [0.15, 0.2) is 22.9 Å². The molecule has 1 N–H and O–H groups in total. The number of aromatic nitrogens is 2. The molecule has 0 atom stereocenters. The fourth-order valence-electron chi connectivity index (χ4n) is 2.57. The summed E-state index contributed by atoms with van der Waals surface area (Å²) in [5.41, 5.74) is 3.08. The van der Waals surface area contributed by atoms with Crippen molar-refractivity contribution in [3.05, 3.63) is 35.3 Å². The Morgan fingerprint density at radius 2 is 2.05 bits per heavy atom. The van der Waals surface area contributed by atoms with Crippen molar-refractivity contribution in [3.63, 3.8) is 0 Å². The van der Waals surface area contributed by atoms with Crippen molar-refractivity contribution in [2.24, 2.45) is 0 Å². The quantitative estimate of drug-likeness (QED) is 0.927. The molecule has 20 heavy (non-hydrogen) atoms. The van der Waals surface area contributed by atoms with Crippen LogP contribution in [0.3, 0.4) is 0 Å². The highest BCUT2D eigenvalue weighted by atomic mass is 16.5. The predicted molar refractivity (Wildman–Crippen MR) is 79.0 cm³/mol. The highest BCUT2D eigenvalue weighted by molar-refractivity contribution is 5.49. The van der Waals surface area contributed by atoms with E-state index in [1.54, 1.807) is 0 Å². The second kappa shape index (κ2) is 5.53. The van der Waals surface area contributed by atoms with Crippen LogP contribution in [0.5, 0.6) is 0 Å². The Balaban J connectivity index is 1.63. The Labute approximate surface area is 119 Å². The predicted octanol–water partition coefficient (Wildman–Crippen LogP) is 2.90. The molecule has 1 fully saturated rings. The summed E-state index contributed by atoms with van der Waals surface area (Å²) < 4.78 is 5.16. The molecule has 5 nitrogen and oxygen atoms in total. The summed E-state index contributed by atoms with van der Waals surface area (Å²) in [5.74, 6) is 1.95. The van der Waals surface area contributed by atoms with E-state index in [2.05, 4.69) is 32.5 Å². The van der Waals surface area contributed by atoms with E-state index in [-0.39, 0.29) is 0 Å². The molecule has 1 aliphatic rings. The molecule has 0 amide bonds. The molecule has 0 radical (unpaired) electrons. The lowest BCUT2D eigenvalue weighted by Crippen LogP contribution is -2.18. The monoisotopic (exact) mass is 272 g/mol. The number of aryl methyl sites for hydroxylation is 2. The third kappa shape index (κ3) is 2.61. The van der Waals surface area contributed by atoms with Crippen LogP contribution < -0.4 is 10.2 Å². The van der Waals surface area contributed by atoms with Gasteiger partial charge in [0, 0.05) is 25.2 Å². The average Bonchev–Trinajstić information content (AvgIpc) is 3.09. The number of anilines is 2. The normalized spacial score (nSPS) is 14.8. The van der Waals surface area contributed by atoms with Crippen molar-refractivity contribution < 1.29 is 4.52 Å². The molecule has 106 valence electrons. The zero-order valence-corrected chi connectivity index (χ0v) is 12.0. The summed E-state index contributed by atoms with van der Waals surface area (Å²) in [6.45, 7) is 6.86. The molecular formula is C15H20N4O. The van der Waals surface area contributed by atoms with Crippen molar-refractivity contribution in [1.29, 1.82) is 0 Å². The molecule has 0 saturated carbocycles. The van der Waals surface area contributed by atoms with Gasteiger partial charge in [0.05, 0.1) is 17.6 Å². The van der Waals surface area contributed by atoms with Gasteiger partial charge in [0.25, 0.3) is 0 Å². The number of nitrogens with one attached hydrogen (secondary N) is 1. The Morgan fingerprint density at radius 1 is 1.25 bits per heavy atom. The lowest BCUT2D eigenvalue weighted by atomic mass is 10.2. The lowest BCUT2D eigenvalue weighted by Gasteiger charge is -2.16. The smallest absolute Gasteiger partial charge is 0.138 e. The van der Waals surface area contributed by atoms with E-state index in [0.717, 1.165) is 41.6 Å². The maximum Gasteiger partial charge on any atom is 0.138 e. The first-order valence-corrected chi connectivity index (χ1v) is 7.10. The number of nitrogens with zero attached hydrogens (tertiary/aromatic N) is 3. The highest BCUT2D eigenvalue weighted by Crippen LogP contribution is 2.20. The molecule has 0 spiro atoms. The van der Waals surface area contributed by atoms with Gasteiger partial charge < -0.3 is 14.7 Å². The van der Waals surface area contributed by atoms with Crippen LogP contribution in [0.1, 0.15) is 29.9 Å². The number of hydrogen-bond donors (Lipinski definition) is 1. The van der Waals surface area contributed by atoms with Gasteiger partial charge in [-0.15, -0.1) is 0 Å². The Morgan fingerprint density at radius 3 is 2.65 bits per heavy atom. The molecule has 2 aromatic heterocycles. The van der Waals surface area contributed by atoms with Crippen molar-refractivity contribution >= 4 is 11.5 Å². The van der Waals surface area contributed by atoms with Crippen LogP contribution in [0.25, 0.3) is 0 Å². The molecule has 0 bridgehead atoms. The second-order valence-electron chi connectivity index (χ2n) is 5.26. The molecule has 1 saturated heterocycles. The molecule has 3 heterocycles. The van der Waals surface area contributed by atoms with E-state index in [9.17, 15) is 0 Å². The zero-order valence-electron chi connectivity index (χ0n) is 12.0. The first kappa shape index (κ1) is 13.0. The van der Waals surface area contributed by atoms with E-state index in [4.69, 9.17) is 4.52 Å². The average molecular weight is 272 g/mol. The Bertz CT molecular complexity index is 551. The van der Waals surface area contributed by atoms with Gasteiger partial charge >= 0.3 is 0 Å². The minimum atomic E-state index is 0.714. The minimum absolute atomic E-state index is 0.714. The third-order valence-electron chi connectivity index (χ3n) is 3.83. The van der Waals surface area contributed by atoms with Crippen LogP contribution >= 0.6 is 0 Å². The van der Waals surface area contributed by atoms with Crippen LogP contribution in [0.4, 0.5) is 11.5 Å². The highest BCUT2D eigenvalue weighted by Gasteiger charge is 2.13. The summed E-state index contributed by atoms with van der Waals surface area (Å²) in [6, 6.07) is 4.17. The van der Waals surface area contributed by atoms with Gasteiger partial charge in [0.2, 0.25) is 0 Å². The number of pyridine rings is 1. The van der Waals surface area contributed by atoms with Gasteiger partial charge in [-0.05, 0) is 38.8 Å². The van der Waals surface area contributed by atoms with Gasteiger partial charge in [-0.25, -0.2) is 4.98 Å². The maximum atomic E-state index is 5.16. The van der Waals surface area contributed by atoms with Gasteiger partial charge in [-0.1, -0.05) is 5.16 Å². The lowest BCUT2D eigenvalue weighted by molar-refractivity contribution is 0.392. The SMILES string of the molecule is Cc1noc(C)c1CNc1ccc(N2CCCC2)nc1. The van der Waals surface area contributed by atoms with Gasteiger partial charge in [-0.3, -0.25) is 0 Å². The van der Waals surface area contributed by atoms with E-state index < -0.39 is 0 Å². The fourth-order valence-corrected chi connectivity index (χ4v) is 2.57. The fraction of sp³-hybridized carbons (Fsp3) is 0.467. The van der Waals surface area contributed by atoms with Crippen LogP contribution in [0, 0.1) is 13.8 Å². The van der Waals surface area contributed by atoms with E-state index in [0.29, 0.717) is 6.54 Å². The minimum Gasteiger partial charge on any atom is -0.380 e. The largest absolute Gasteiger partial charge is 0.380 e. The van der Waals surface area contributed by atoms with E-state index in [1.807, 2.05) is 20.0 Å². The third-order valence-corrected chi connectivity index (χ3v) is 3.83. The zero-order chi connectivity index (χ0) is 13.9. The first-order chi connectivity index (χ1) is 9.74. The molecular weight excluding hydrogens is 252 g/mol. The number of hydrogen-bond acceptors (Lipinski definition) is 5. The number of rotatable bonds is 4. The summed E-state index contributed by atoms with van der Waals surface area (Å²) >= 11 is 0. The molecule has 2 aromatic rings. The molecule has 0 unspecified atom stereocenters. The molecule has 3 rings (SSSR count).